The number of hydrogen-bond acceptors (Lipinski definition) is 5. The SMILES string of the molecule is CN1C(=O)Cc2cnc(Nc3ccc(C(=O)N4CCCCC4)cc3)nc2-c2ccccc21. The first-order chi connectivity index (χ1) is 15.6. The number of amides is 2. The van der Waals surface area contributed by atoms with Crippen molar-refractivity contribution in [1.29, 1.82) is 0 Å². The number of fused-ring (bicyclic) bond motifs is 3. The van der Waals surface area contributed by atoms with Gasteiger partial charge in [0.1, 0.15) is 0 Å². The van der Waals surface area contributed by atoms with Crippen LogP contribution in [0.4, 0.5) is 17.3 Å². The predicted octanol–water partition coefficient (Wildman–Crippen LogP) is 4.03. The number of benzene rings is 2. The summed E-state index contributed by atoms with van der Waals surface area (Å²) >= 11 is 0. The van der Waals surface area contributed by atoms with Gasteiger partial charge >= 0.3 is 0 Å². The first-order valence-electron chi connectivity index (χ1n) is 11.0. The Morgan fingerprint density at radius 1 is 1.00 bits per heavy atom. The molecule has 2 aliphatic rings. The molecule has 0 unspecified atom stereocenters. The van der Waals surface area contributed by atoms with Crippen LogP contribution in [0.2, 0.25) is 0 Å². The van der Waals surface area contributed by atoms with Gasteiger partial charge in [0.05, 0.1) is 17.8 Å². The summed E-state index contributed by atoms with van der Waals surface area (Å²) in [6.07, 6.45) is 5.32. The van der Waals surface area contributed by atoms with Gasteiger partial charge in [-0.05, 0) is 49.6 Å². The molecule has 1 N–H and O–H groups in total. The zero-order chi connectivity index (χ0) is 22.1. The van der Waals surface area contributed by atoms with Gasteiger partial charge in [-0.25, -0.2) is 9.97 Å². The largest absolute Gasteiger partial charge is 0.339 e. The van der Waals surface area contributed by atoms with Crippen molar-refractivity contribution in [2.45, 2.75) is 25.7 Å². The van der Waals surface area contributed by atoms with Crippen molar-refractivity contribution >= 4 is 29.1 Å². The lowest BCUT2D eigenvalue weighted by atomic mass is 10.1. The van der Waals surface area contributed by atoms with Crippen molar-refractivity contribution in [1.82, 2.24) is 14.9 Å². The number of aromatic nitrogens is 2. The number of rotatable bonds is 3. The summed E-state index contributed by atoms with van der Waals surface area (Å²) in [5.74, 6) is 0.544. The van der Waals surface area contributed by atoms with Crippen molar-refractivity contribution in [3.63, 3.8) is 0 Å². The molecule has 7 heteroatoms. The molecule has 0 radical (unpaired) electrons. The predicted molar refractivity (Wildman–Crippen MR) is 124 cm³/mol. The van der Waals surface area contributed by atoms with Gasteiger partial charge in [0, 0.05) is 48.7 Å². The molecule has 162 valence electrons. The second-order valence-corrected chi connectivity index (χ2v) is 8.27. The first-order valence-corrected chi connectivity index (χ1v) is 11.0. The zero-order valence-electron chi connectivity index (χ0n) is 18.0. The topological polar surface area (TPSA) is 78.4 Å². The minimum Gasteiger partial charge on any atom is -0.339 e. The molecule has 5 rings (SSSR count). The minimum absolute atomic E-state index is 0.00877. The molecule has 2 aliphatic heterocycles. The lowest BCUT2D eigenvalue weighted by molar-refractivity contribution is -0.117. The molecule has 3 heterocycles. The van der Waals surface area contributed by atoms with Crippen LogP contribution in [0.3, 0.4) is 0 Å². The summed E-state index contributed by atoms with van der Waals surface area (Å²) in [7, 11) is 1.78. The Hall–Kier alpha value is -3.74. The van der Waals surface area contributed by atoms with E-state index < -0.39 is 0 Å². The number of anilines is 3. The molecule has 2 aromatic carbocycles. The Labute approximate surface area is 187 Å². The number of likely N-dealkylation sites (tertiary alicyclic amines) is 1. The second kappa shape index (κ2) is 8.42. The zero-order valence-corrected chi connectivity index (χ0v) is 18.0. The van der Waals surface area contributed by atoms with Crippen LogP contribution in [0.25, 0.3) is 11.3 Å². The van der Waals surface area contributed by atoms with Crippen molar-refractivity contribution in [2.24, 2.45) is 0 Å². The first kappa shape index (κ1) is 20.2. The molecule has 3 aromatic rings. The van der Waals surface area contributed by atoms with Crippen LogP contribution in [0.1, 0.15) is 35.2 Å². The van der Waals surface area contributed by atoms with Crippen LogP contribution in [-0.2, 0) is 11.2 Å². The maximum Gasteiger partial charge on any atom is 0.253 e. The Bertz CT molecular complexity index is 1170. The van der Waals surface area contributed by atoms with Crippen LogP contribution >= 0.6 is 0 Å². The normalized spacial score (nSPS) is 15.6. The van der Waals surface area contributed by atoms with Gasteiger partial charge in [-0.1, -0.05) is 18.2 Å². The minimum atomic E-state index is 0.00877. The maximum atomic E-state index is 12.7. The van der Waals surface area contributed by atoms with Crippen LogP contribution < -0.4 is 10.2 Å². The summed E-state index contributed by atoms with van der Waals surface area (Å²) in [5, 5.41) is 3.23. The van der Waals surface area contributed by atoms with E-state index in [-0.39, 0.29) is 18.2 Å². The molecule has 0 bridgehead atoms. The van der Waals surface area contributed by atoms with Gasteiger partial charge in [-0.15, -0.1) is 0 Å². The molecule has 0 spiro atoms. The van der Waals surface area contributed by atoms with E-state index in [2.05, 4.69) is 10.3 Å². The van der Waals surface area contributed by atoms with Crippen LogP contribution in [0.5, 0.6) is 0 Å². The summed E-state index contributed by atoms with van der Waals surface area (Å²) in [5.41, 5.74) is 4.80. The number of piperidine rings is 1. The Kier molecular flexibility index (Phi) is 5.31. The highest BCUT2D eigenvalue weighted by atomic mass is 16.2. The van der Waals surface area contributed by atoms with E-state index >= 15 is 0 Å². The van der Waals surface area contributed by atoms with Crippen LogP contribution in [0, 0.1) is 0 Å². The van der Waals surface area contributed by atoms with Crippen molar-refractivity contribution < 1.29 is 9.59 Å². The molecule has 7 nitrogen and oxygen atoms in total. The lowest BCUT2D eigenvalue weighted by Gasteiger charge is -2.26. The third kappa shape index (κ3) is 3.82. The molecular weight excluding hydrogens is 402 g/mol. The van der Waals surface area contributed by atoms with Gasteiger partial charge in [0.15, 0.2) is 0 Å². The summed E-state index contributed by atoms with van der Waals surface area (Å²) in [6.45, 7) is 1.67. The number of nitrogens with one attached hydrogen (secondary N) is 1. The Balaban J connectivity index is 1.39. The maximum absolute atomic E-state index is 12.7. The molecule has 2 amide bonds. The smallest absolute Gasteiger partial charge is 0.253 e. The highest BCUT2D eigenvalue weighted by molar-refractivity contribution is 6.01. The number of carbonyl (C=O) groups is 2. The van der Waals surface area contributed by atoms with Gasteiger partial charge < -0.3 is 15.1 Å². The third-order valence-corrected chi connectivity index (χ3v) is 6.13. The van der Waals surface area contributed by atoms with Gasteiger partial charge in [-0.2, -0.15) is 0 Å². The monoisotopic (exact) mass is 427 g/mol. The third-order valence-electron chi connectivity index (χ3n) is 6.13. The Morgan fingerprint density at radius 3 is 2.53 bits per heavy atom. The molecular formula is C25H25N5O2. The van der Waals surface area contributed by atoms with Gasteiger partial charge in [-0.3, -0.25) is 9.59 Å². The number of nitrogens with zero attached hydrogens (tertiary/aromatic N) is 4. The van der Waals surface area contributed by atoms with E-state index in [4.69, 9.17) is 4.98 Å². The van der Waals surface area contributed by atoms with E-state index in [0.717, 1.165) is 54.1 Å². The fourth-order valence-corrected chi connectivity index (χ4v) is 4.32. The Morgan fingerprint density at radius 2 is 1.75 bits per heavy atom. The fourth-order valence-electron chi connectivity index (χ4n) is 4.32. The average Bonchev–Trinajstić information content (AvgIpc) is 2.94. The molecule has 0 atom stereocenters. The van der Waals surface area contributed by atoms with Gasteiger partial charge in [0.25, 0.3) is 5.91 Å². The van der Waals surface area contributed by atoms with E-state index in [9.17, 15) is 9.59 Å². The highest BCUT2D eigenvalue weighted by Gasteiger charge is 2.25. The van der Waals surface area contributed by atoms with Gasteiger partial charge in [0.2, 0.25) is 11.9 Å². The van der Waals surface area contributed by atoms with E-state index in [1.54, 1.807) is 18.1 Å². The molecule has 1 aromatic heterocycles. The quantitative estimate of drug-likeness (QED) is 0.683. The average molecular weight is 428 g/mol. The van der Waals surface area contributed by atoms with Crippen molar-refractivity contribution in [3.8, 4) is 11.3 Å². The second-order valence-electron chi connectivity index (χ2n) is 8.27. The summed E-state index contributed by atoms with van der Waals surface area (Å²) in [4.78, 5) is 38.0. The molecule has 0 saturated carbocycles. The summed E-state index contributed by atoms with van der Waals surface area (Å²) in [6, 6.07) is 15.2. The number of carbonyl (C=O) groups excluding carboxylic acids is 2. The van der Waals surface area contributed by atoms with E-state index in [1.807, 2.05) is 53.4 Å². The molecule has 1 fully saturated rings. The number of hydrogen-bond donors (Lipinski definition) is 1. The lowest BCUT2D eigenvalue weighted by Crippen LogP contribution is -2.35. The number of para-hydroxylation sites is 1. The van der Waals surface area contributed by atoms with Crippen LogP contribution in [-0.4, -0.2) is 46.8 Å². The molecule has 1 saturated heterocycles. The molecule has 32 heavy (non-hydrogen) atoms. The number of likely N-dealkylation sites (N-methyl/N-ethyl adjacent to an activating group) is 1. The highest BCUT2D eigenvalue weighted by Crippen LogP contribution is 2.35. The summed E-state index contributed by atoms with van der Waals surface area (Å²) < 4.78 is 0. The standard InChI is InChI=1S/C25H25N5O2/c1-29-21-8-4-3-7-20(21)23-18(15-22(29)31)16-26-25(28-23)27-19-11-9-17(10-12-19)24(32)30-13-5-2-6-14-30/h3-4,7-12,16H,2,5-6,13-15H2,1H3,(H,26,27,28). The van der Waals surface area contributed by atoms with Crippen molar-refractivity contribution in [3.05, 3.63) is 65.9 Å². The van der Waals surface area contributed by atoms with Crippen LogP contribution in [0.15, 0.2) is 54.7 Å². The molecule has 0 aliphatic carbocycles. The fraction of sp³-hybridized carbons (Fsp3) is 0.280. The van der Waals surface area contributed by atoms with E-state index in [1.165, 1.54) is 6.42 Å². The van der Waals surface area contributed by atoms with Crippen molar-refractivity contribution in [2.75, 3.05) is 30.4 Å². The van der Waals surface area contributed by atoms with E-state index in [0.29, 0.717) is 11.5 Å².